The SMILES string of the molecule is C=CC(=O)N(c1ccc(C(=C(CC)c2ccccc2)c2ccccc2)cc1)S(=O)(=O)c1ccc(NC(=O)OC(C)(C)C)cc1. The number of ether oxygens (including phenoxy) is 1. The minimum Gasteiger partial charge on any atom is -0.444 e. The smallest absolute Gasteiger partial charge is 0.412 e. The van der Waals surface area contributed by atoms with Crippen LogP contribution in [0.1, 0.15) is 50.8 Å². The quantitative estimate of drug-likeness (QED) is 0.152. The van der Waals surface area contributed by atoms with E-state index in [-0.39, 0.29) is 10.6 Å². The van der Waals surface area contributed by atoms with Gasteiger partial charge in [0.15, 0.2) is 0 Å². The Kier molecular flexibility index (Phi) is 9.86. The molecule has 0 heterocycles. The highest BCUT2D eigenvalue weighted by Crippen LogP contribution is 2.35. The molecule has 7 nitrogen and oxygen atoms in total. The first-order valence-electron chi connectivity index (χ1n) is 14.2. The number of amides is 2. The fourth-order valence-corrected chi connectivity index (χ4v) is 6.15. The van der Waals surface area contributed by atoms with Gasteiger partial charge in [-0.3, -0.25) is 10.1 Å². The molecule has 0 saturated carbocycles. The van der Waals surface area contributed by atoms with Gasteiger partial charge < -0.3 is 4.74 Å². The molecular weight excluding hydrogens is 572 g/mol. The van der Waals surface area contributed by atoms with Crippen molar-refractivity contribution in [2.24, 2.45) is 0 Å². The molecule has 226 valence electrons. The Morgan fingerprint density at radius 3 is 1.82 bits per heavy atom. The van der Waals surface area contributed by atoms with Gasteiger partial charge in [0, 0.05) is 5.69 Å². The Morgan fingerprint density at radius 1 is 0.795 bits per heavy atom. The van der Waals surface area contributed by atoms with Gasteiger partial charge in [-0.25, -0.2) is 13.2 Å². The van der Waals surface area contributed by atoms with Gasteiger partial charge in [0.1, 0.15) is 5.60 Å². The first-order chi connectivity index (χ1) is 20.9. The van der Waals surface area contributed by atoms with Crippen molar-refractivity contribution in [2.45, 2.75) is 44.6 Å². The molecule has 4 aromatic carbocycles. The predicted octanol–water partition coefficient (Wildman–Crippen LogP) is 8.31. The molecule has 0 aliphatic carbocycles. The third-order valence-electron chi connectivity index (χ3n) is 6.64. The normalized spacial score (nSPS) is 12.1. The molecule has 0 saturated heterocycles. The number of hydrogen-bond donors (Lipinski definition) is 1. The van der Waals surface area contributed by atoms with Crippen LogP contribution in [-0.4, -0.2) is 26.0 Å². The Morgan fingerprint density at radius 2 is 1.32 bits per heavy atom. The average molecular weight is 609 g/mol. The van der Waals surface area contributed by atoms with E-state index in [1.807, 2.05) is 60.7 Å². The van der Waals surface area contributed by atoms with Gasteiger partial charge in [-0.1, -0.05) is 86.3 Å². The molecule has 0 bridgehead atoms. The number of rotatable bonds is 9. The van der Waals surface area contributed by atoms with Crippen LogP contribution in [0.15, 0.2) is 127 Å². The summed E-state index contributed by atoms with van der Waals surface area (Å²) < 4.78 is 33.5. The zero-order chi connectivity index (χ0) is 31.9. The van der Waals surface area contributed by atoms with Crippen LogP contribution in [0.25, 0.3) is 11.1 Å². The summed E-state index contributed by atoms with van der Waals surface area (Å²) in [5, 5.41) is 2.57. The highest BCUT2D eigenvalue weighted by Gasteiger charge is 2.30. The van der Waals surface area contributed by atoms with E-state index in [0.29, 0.717) is 5.69 Å². The standard InChI is InChI=1S/C36H36N2O5S/c1-6-32(26-14-10-8-11-15-26)34(27-16-12-9-13-17-27)28-18-22-30(23-19-28)38(33(39)7-2)44(41,42)31-24-20-29(21-25-31)37-35(40)43-36(3,4)5/h7-25H,2,6H2,1,3-5H3,(H,37,40). The van der Waals surface area contributed by atoms with Gasteiger partial charge in [-0.05, 0) is 97.5 Å². The maximum atomic E-state index is 13.8. The van der Waals surface area contributed by atoms with Gasteiger partial charge in [0.05, 0.1) is 10.6 Å². The molecule has 0 aliphatic rings. The number of hydrogen-bond acceptors (Lipinski definition) is 5. The maximum Gasteiger partial charge on any atom is 0.412 e. The van der Waals surface area contributed by atoms with Crippen molar-refractivity contribution >= 4 is 44.5 Å². The van der Waals surface area contributed by atoms with Gasteiger partial charge in [-0.2, -0.15) is 4.31 Å². The molecule has 0 unspecified atom stereocenters. The van der Waals surface area contributed by atoms with E-state index in [1.165, 1.54) is 24.3 Å². The zero-order valence-corrected chi connectivity index (χ0v) is 26.1. The fourth-order valence-electron chi connectivity index (χ4n) is 4.75. The van der Waals surface area contributed by atoms with Crippen molar-refractivity contribution < 1.29 is 22.7 Å². The molecular formula is C36H36N2O5S. The second kappa shape index (κ2) is 13.6. The van der Waals surface area contributed by atoms with Gasteiger partial charge in [0.25, 0.3) is 15.9 Å². The highest BCUT2D eigenvalue weighted by molar-refractivity contribution is 7.93. The molecule has 4 aromatic rings. The van der Waals surface area contributed by atoms with Crippen molar-refractivity contribution in [3.63, 3.8) is 0 Å². The van der Waals surface area contributed by atoms with Crippen LogP contribution in [0, 0.1) is 0 Å². The van der Waals surface area contributed by atoms with Gasteiger partial charge in [0.2, 0.25) is 0 Å². The second-order valence-electron chi connectivity index (χ2n) is 10.9. The summed E-state index contributed by atoms with van der Waals surface area (Å²) in [5.74, 6) is -0.800. The fraction of sp³-hybridized carbons (Fsp3) is 0.167. The lowest BCUT2D eigenvalue weighted by atomic mass is 9.88. The summed E-state index contributed by atoms with van der Waals surface area (Å²) in [6, 6.07) is 32.5. The molecule has 1 N–H and O–H groups in total. The van der Waals surface area contributed by atoms with Crippen molar-refractivity contribution in [1.29, 1.82) is 0 Å². The minimum absolute atomic E-state index is 0.131. The van der Waals surface area contributed by atoms with Crippen LogP contribution < -0.4 is 9.62 Å². The van der Waals surface area contributed by atoms with Gasteiger partial charge >= 0.3 is 6.09 Å². The van der Waals surface area contributed by atoms with Crippen molar-refractivity contribution in [3.8, 4) is 0 Å². The third-order valence-corrected chi connectivity index (χ3v) is 8.38. The van der Waals surface area contributed by atoms with E-state index in [1.54, 1.807) is 32.9 Å². The molecule has 0 aromatic heterocycles. The van der Waals surface area contributed by atoms with E-state index < -0.39 is 27.6 Å². The number of sulfonamides is 1. The van der Waals surface area contributed by atoms with Crippen molar-refractivity contribution in [1.82, 2.24) is 0 Å². The molecule has 0 fully saturated rings. The minimum atomic E-state index is -4.33. The van der Waals surface area contributed by atoms with Gasteiger partial charge in [-0.15, -0.1) is 0 Å². The van der Waals surface area contributed by atoms with Crippen molar-refractivity contribution in [3.05, 3.63) is 139 Å². The number of carbonyl (C=O) groups excluding carboxylic acids is 2. The Labute approximate surface area is 259 Å². The number of carbonyl (C=O) groups is 2. The third kappa shape index (κ3) is 7.51. The predicted molar refractivity (Wildman–Crippen MR) is 177 cm³/mol. The molecule has 0 spiro atoms. The lowest BCUT2D eigenvalue weighted by Crippen LogP contribution is -2.35. The monoisotopic (exact) mass is 608 g/mol. The number of benzene rings is 4. The summed E-state index contributed by atoms with van der Waals surface area (Å²) in [6.45, 7) is 10.8. The summed E-state index contributed by atoms with van der Waals surface area (Å²) in [6.07, 6.45) is 1.06. The number of nitrogens with zero attached hydrogens (tertiary/aromatic N) is 1. The molecule has 4 rings (SSSR count). The largest absolute Gasteiger partial charge is 0.444 e. The molecule has 8 heteroatoms. The average Bonchev–Trinajstić information content (AvgIpc) is 3.00. The van der Waals surface area contributed by atoms with E-state index in [4.69, 9.17) is 4.74 Å². The zero-order valence-electron chi connectivity index (χ0n) is 25.3. The lowest BCUT2D eigenvalue weighted by Gasteiger charge is -2.23. The van der Waals surface area contributed by atoms with Crippen LogP contribution in [-0.2, 0) is 19.6 Å². The summed E-state index contributed by atoms with van der Waals surface area (Å²) >= 11 is 0. The summed E-state index contributed by atoms with van der Waals surface area (Å²) in [5.41, 5.74) is 4.96. The van der Waals surface area contributed by atoms with E-state index in [2.05, 4.69) is 31.0 Å². The van der Waals surface area contributed by atoms with Crippen LogP contribution >= 0.6 is 0 Å². The first-order valence-corrected chi connectivity index (χ1v) is 15.6. The number of allylic oxidation sites excluding steroid dienone is 1. The topological polar surface area (TPSA) is 92.8 Å². The van der Waals surface area contributed by atoms with E-state index in [9.17, 15) is 18.0 Å². The number of anilines is 2. The van der Waals surface area contributed by atoms with Crippen molar-refractivity contribution in [2.75, 3.05) is 9.62 Å². The van der Waals surface area contributed by atoms with Crippen LogP contribution in [0.3, 0.4) is 0 Å². The molecule has 0 atom stereocenters. The summed E-state index contributed by atoms with van der Waals surface area (Å²) in [7, 11) is -4.33. The molecule has 0 radical (unpaired) electrons. The van der Waals surface area contributed by atoms with Crippen LogP contribution in [0.2, 0.25) is 0 Å². The van der Waals surface area contributed by atoms with Crippen LogP contribution in [0.5, 0.6) is 0 Å². The first kappa shape index (κ1) is 32.0. The Hall–Kier alpha value is -4.95. The molecule has 2 amide bonds. The van der Waals surface area contributed by atoms with Crippen LogP contribution in [0.4, 0.5) is 16.2 Å². The lowest BCUT2D eigenvalue weighted by molar-refractivity contribution is -0.113. The second-order valence-corrected chi connectivity index (χ2v) is 12.7. The Bertz CT molecular complexity index is 1760. The van der Waals surface area contributed by atoms with E-state index in [0.717, 1.165) is 44.6 Å². The molecule has 0 aliphatic heterocycles. The van der Waals surface area contributed by atoms with E-state index >= 15 is 0 Å². The maximum absolute atomic E-state index is 13.8. The Balaban J connectivity index is 1.72. The summed E-state index contributed by atoms with van der Waals surface area (Å²) in [4.78, 5) is 25.0. The number of nitrogens with one attached hydrogen (secondary N) is 1. The highest BCUT2D eigenvalue weighted by atomic mass is 32.2. The molecule has 44 heavy (non-hydrogen) atoms.